The molecule has 7 heteroatoms. The topological polar surface area (TPSA) is 80.3 Å². The van der Waals surface area contributed by atoms with E-state index in [0.717, 1.165) is 0 Å². The normalized spacial score (nSPS) is 10.9. The first-order valence-corrected chi connectivity index (χ1v) is 7.35. The molecule has 1 heterocycles. The number of ether oxygens (including phenoxy) is 1. The zero-order chi connectivity index (χ0) is 14.6. The Labute approximate surface area is 117 Å². The third-order valence-corrected chi connectivity index (χ3v) is 3.98. The van der Waals surface area contributed by atoms with Crippen molar-refractivity contribution in [3.05, 3.63) is 42.6 Å². The Kier molecular flexibility index (Phi) is 4.09. The van der Waals surface area contributed by atoms with Crippen LogP contribution >= 0.6 is 0 Å². The van der Waals surface area contributed by atoms with Gasteiger partial charge in [0.05, 0.1) is 12.8 Å². The largest absolute Gasteiger partial charge is 0.497 e. The molecular weight excluding hydrogens is 278 g/mol. The van der Waals surface area contributed by atoms with Crippen LogP contribution in [0.3, 0.4) is 0 Å². The van der Waals surface area contributed by atoms with E-state index in [1.54, 1.807) is 50.6 Å². The summed E-state index contributed by atoms with van der Waals surface area (Å²) in [5, 5.41) is 2.76. The molecule has 2 N–H and O–H groups in total. The van der Waals surface area contributed by atoms with Gasteiger partial charge in [-0.05, 0) is 36.4 Å². The van der Waals surface area contributed by atoms with Gasteiger partial charge in [0.15, 0.2) is 5.03 Å². The van der Waals surface area contributed by atoms with Crippen molar-refractivity contribution in [1.29, 1.82) is 0 Å². The average Bonchev–Trinajstić information content (AvgIpc) is 2.47. The van der Waals surface area contributed by atoms with Crippen LogP contribution in [-0.4, -0.2) is 27.6 Å². The number of aromatic nitrogens is 1. The molecule has 0 fully saturated rings. The van der Waals surface area contributed by atoms with Crippen molar-refractivity contribution in [2.45, 2.75) is 5.03 Å². The minimum absolute atomic E-state index is 0.0432. The number of rotatable bonds is 5. The fourth-order valence-corrected chi connectivity index (χ4v) is 2.86. The molecule has 1 aromatic carbocycles. The van der Waals surface area contributed by atoms with E-state index in [0.29, 0.717) is 17.1 Å². The van der Waals surface area contributed by atoms with Crippen LogP contribution in [0.4, 0.5) is 11.4 Å². The molecule has 0 amide bonds. The summed E-state index contributed by atoms with van der Waals surface area (Å²) in [6.45, 7) is 0. The number of pyridine rings is 1. The Morgan fingerprint density at radius 1 is 1.15 bits per heavy atom. The van der Waals surface area contributed by atoms with Crippen LogP contribution in [0.5, 0.6) is 5.75 Å². The molecule has 0 aliphatic rings. The fraction of sp³-hybridized carbons (Fsp3) is 0.154. The van der Waals surface area contributed by atoms with E-state index >= 15 is 0 Å². The SMILES string of the molecule is CNc1cccnc1S(=O)(=O)Nc1ccc(OC)cc1. The Morgan fingerprint density at radius 3 is 2.45 bits per heavy atom. The standard InChI is InChI=1S/C13H15N3O3S/c1-14-12-4-3-9-15-13(12)20(17,18)16-10-5-7-11(19-2)8-6-10/h3-9,14,16H,1-2H3. The third kappa shape index (κ3) is 3.00. The number of benzene rings is 1. The molecule has 0 bridgehead atoms. The van der Waals surface area contributed by atoms with Gasteiger partial charge < -0.3 is 10.1 Å². The molecule has 20 heavy (non-hydrogen) atoms. The van der Waals surface area contributed by atoms with Gasteiger partial charge in [-0.1, -0.05) is 0 Å². The Hall–Kier alpha value is -2.28. The highest BCUT2D eigenvalue weighted by molar-refractivity contribution is 7.92. The molecule has 0 atom stereocenters. The lowest BCUT2D eigenvalue weighted by Crippen LogP contribution is -2.16. The van der Waals surface area contributed by atoms with Crippen LogP contribution in [0.1, 0.15) is 0 Å². The molecule has 2 rings (SSSR count). The molecule has 0 aliphatic heterocycles. The quantitative estimate of drug-likeness (QED) is 0.880. The molecule has 0 unspecified atom stereocenters. The number of anilines is 2. The van der Waals surface area contributed by atoms with Gasteiger partial charge in [-0.3, -0.25) is 4.72 Å². The summed E-state index contributed by atoms with van der Waals surface area (Å²) in [6.07, 6.45) is 1.43. The summed E-state index contributed by atoms with van der Waals surface area (Å²) in [7, 11) is -0.550. The lowest BCUT2D eigenvalue weighted by molar-refractivity contribution is 0.415. The van der Waals surface area contributed by atoms with E-state index in [9.17, 15) is 8.42 Å². The van der Waals surface area contributed by atoms with E-state index in [1.165, 1.54) is 6.20 Å². The zero-order valence-electron chi connectivity index (χ0n) is 11.1. The van der Waals surface area contributed by atoms with Gasteiger partial charge in [-0.2, -0.15) is 8.42 Å². The maximum absolute atomic E-state index is 12.3. The van der Waals surface area contributed by atoms with Crippen LogP contribution in [0.25, 0.3) is 0 Å². The summed E-state index contributed by atoms with van der Waals surface area (Å²) in [6, 6.07) is 9.91. The number of hydrogen-bond acceptors (Lipinski definition) is 5. The Balaban J connectivity index is 2.30. The van der Waals surface area contributed by atoms with E-state index in [1.807, 2.05) is 0 Å². The summed E-state index contributed by atoms with van der Waals surface area (Å²) < 4.78 is 32.1. The van der Waals surface area contributed by atoms with Crippen LogP contribution in [0, 0.1) is 0 Å². The number of nitrogens with one attached hydrogen (secondary N) is 2. The lowest BCUT2D eigenvalue weighted by Gasteiger charge is -2.11. The molecule has 6 nitrogen and oxygen atoms in total. The van der Waals surface area contributed by atoms with Gasteiger partial charge in [-0.25, -0.2) is 4.98 Å². The fourth-order valence-electron chi connectivity index (χ4n) is 1.66. The van der Waals surface area contributed by atoms with Crippen molar-refractivity contribution in [2.24, 2.45) is 0 Å². The maximum atomic E-state index is 12.3. The van der Waals surface area contributed by atoms with Gasteiger partial charge in [0.1, 0.15) is 5.75 Å². The molecule has 0 spiro atoms. The van der Waals surface area contributed by atoms with Crippen LogP contribution < -0.4 is 14.8 Å². The van der Waals surface area contributed by atoms with Crippen molar-refractivity contribution < 1.29 is 13.2 Å². The first kappa shape index (κ1) is 14.1. The molecular formula is C13H15N3O3S. The molecule has 0 saturated carbocycles. The van der Waals surface area contributed by atoms with Gasteiger partial charge in [0, 0.05) is 18.9 Å². The molecule has 0 aliphatic carbocycles. The molecule has 2 aromatic rings. The van der Waals surface area contributed by atoms with E-state index in [-0.39, 0.29) is 5.03 Å². The second-order valence-corrected chi connectivity index (χ2v) is 5.54. The first-order chi connectivity index (χ1) is 9.56. The van der Waals surface area contributed by atoms with Gasteiger partial charge in [0.2, 0.25) is 0 Å². The van der Waals surface area contributed by atoms with Crippen molar-refractivity contribution in [1.82, 2.24) is 4.98 Å². The van der Waals surface area contributed by atoms with Crippen molar-refractivity contribution in [2.75, 3.05) is 24.2 Å². The van der Waals surface area contributed by atoms with Crippen molar-refractivity contribution in [3.63, 3.8) is 0 Å². The second-order valence-electron chi connectivity index (χ2n) is 3.94. The van der Waals surface area contributed by atoms with Crippen molar-refractivity contribution >= 4 is 21.4 Å². The van der Waals surface area contributed by atoms with E-state index in [4.69, 9.17) is 4.74 Å². The smallest absolute Gasteiger partial charge is 0.281 e. The summed E-state index contributed by atoms with van der Waals surface area (Å²) in [4.78, 5) is 3.91. The average molecular weight is 293 g/mol. The number of sulfonamides is 1. The summed E-state index contributed by atoms with van der Waals surface area (Å²) in [5.74, 6) is 0.654. The number of hydrogen-bond donors (Lipinski definition) is 2. The third-order valence-electron chi connectivity index (χ3n) is 2.64. The monoisotopic (exact) mass is 293 g/mol. The van der Waals surface area contributed by atoms with Crippen LogP contribution in [-0.2, 0) is 10.0 Å². The number of nitrogens with zero attached hydrogens (tertiary/aromatic N) is 1. The zero-order valence-corrected chi connectivity index (χ0v) is 11.9. The molecule has 106 valence electrons. The van der Waals surface area contributed by atoms with Crippen LogP contribution in [0.15, 0.2) is 47.6 Å². The second kappa shape index (κ2) is 5.79. The Morgan fingerprint density at radius 2 is 1.85 bits per heavy atom. The summed E-state index contributed by atoms with van der Waals surface area (Å²) >= 11 is 0. The van der Waals surface area contributed by atoms with Gasteiger partial charge in [0.25, 0.3) is 10.0 Å². The minimum Gasteiger partial charge on any atom is -0.497 e. The highest BCUT2D eigenvalue weighted by atomic mass is 32.2. The Bertz CT molecular complexity index is 684. The predicted molar refractivity (Wildman–Crippen MR) is 77.6 cm³/mol. The van der Waals surface area contributed by atoms with Crippen LogP contribution in [0.2, 0.25) is 0 Å². The predicted octanol–water partition coefficient (Wildman–Crippen LogP) is 1.93. The summed E-state index contributed by atoms with van der Waals surface area (Å²) in [5.41, 5.74) is 0.881. The number of methoxy groups -OCH3 is 1. The highest BCUT2D eigenvalue weighted by Gasteiger charge is 2.19. The highest BCUT2D eigenvalue weighted by Crippen LogP contribution is 2.22. The lowest BCUT2D eigenvalue weighted by atomic mass is 10.3. The van der Waals surface area contributed by atoms with Gasteiger partial charge >= 0.3 is 0 Å². The molecule has 0 saturated heterocycles. The molecule has 1 aromatic heterocycles. The minimum atomic E-state index is -3.74. The van der Waals surface area contributed by atoms with E-state index < -0.39 is 10.0 Å². The first-order valence-electron chi connectivity index (χ1n) is 5.86. The van der Waals surface area contributed by atoms with E-state index in [2.05, 4.69) is 15.0 Å². The van der Waals surface area contributed by atoms with Gasteiger partial charge in [-0.15, -0.1) is 0 Å². The maximum Gasteiger partial charge on any atom is 0.281 e. The molecule has 0 radical (unpaired) electrons. The van der Waals surface area contributed by atoms with Crippen molar-refractivity contribution in [3.8, 4) is 5.75 Å².